The van der Waals surface area contributed by atoms with Crippen molar-refractivity contribution in [2.75, 3.05) is 7.11 Å². The van der Waals surface area contributed by atoms with E-state index < -0.39 is 0 Å². The van der Waals surface area contributed by atoms with Crippen LogP contribution in [0.2, 0.25) is 0 Å². The standard InChI is InChI=1S/C5H4N4OS/c1-10-4-3-5(7-2-6-4)11-9-8-3/h2H,1H3. The van der Waals surface area contributed by atoms with Gasteiger partial charge >= 0.3 is 0 Å². The zero-order valence-electron chi connectivity index (χ0n) is 5.68. The largest absolute Gasteiger partial charge is 0.479 e. The Balaban J connectivity index is 2.79. The fourth-order valence-corrected chi connectivity index (χ4v) is 1.26. The first-order chi connectivity index (χ1) is 5.42. The molecule has 11 heavy (non-hydrogen) atoms. The lowest BCUT2D eigenvalue weighted by atomic mass is 10.6. The number of aromatic nitrogens is 4. The van der Waals surface area contributed by atoms with E-state index in [4.69, 9.17) is 4.74 Å². The van der Waals surface area contributed by atoms with E-state index in [1.165, 1.54) is 17.9 Å². The molecule has 0 aliphatic carbocycles. The van der Waals surface area contributed by atoms with Gasteiger partial charge < -0.3 is 4.74 Å². The molecule has 0 bridgehead atoms. The Bertz CT molecular complexity index is 373. The second kappa shape index (κ2) is 2.39. The Kier molecular flexibility index (Phi) is 1.39. The van der Waals surface area contributed by atoms with Crippen molar-refractivity contribution in [1.82, 2.24) is 19.6 Å². The highest BCUT2D eigenvalue weighted by Crippen LogP contribution is 2.19. The molecule has 0 aromatic carbocycles. The van der Waals surface area contributed by atoms with Crippen LogP contribution in [0.5, 0.6) is 5.88 Å². The maximum absolute atomic E-state index is 4.94. The second-order valence-corrected chi connectivity index (χ2v) is 2.54. The highest BCUT2D eigenvalue weighted by molar-refractivity contribution is 7.12. The Hall–Kier alpha value is -1.30. The smallest absolute Gasteiger partial charge is 0.246 e. The molecule has 0 saturated heterocycles. The Morgan fingerprint density at radius 3 is 3.18 bits per heavy atom. The van der Waals surface area contributed by atoms with Gasteiger partial charge in [-0.2, -0.15) is 4.98 Å². The first-order valence-electron chi connectivity index (χ1n) is 2.89. The van der Waals surface area contributed by atoms with Crippen molar-refractivity contribution < 1.29 is 4.74 Å². The van der Waals surface area contributed by atoms with E-state index in [9.17, 15) is 0 Å². The lowest BCUT2D eigenvalue weighted by molar-refractivity contribution is 0.401. The average molecular weight is 168 g/mol. The number of nitrogens with zero attached hydrogens (tertiary/aromatic N) is 4. The van der Waals surface area contributed by atoms with E-state index >= 15 is 0 Å². The van der Waals surface area contributed by atoms with Gasteiger partial charge in [0.25, 0.3) is 0 Å². The summed E-state index contributed by atoms with van der Waals surface area (Å²) in [5.41, 5.74) is 0.625. The quantitative estimate of drug-likeness (QED) is 0.620. The normalized spacial score (nSPS) is 10.3. The second-order valence-electron chi connectivity index (χ2n) is 1.81. The maximum atomic E-state index is 4.94. The van der Waals surface area contributed by atoms with Gasteiger partial charge in [0.15, 0.2) is 10.3 Å². The topological polar surface area (TPSA) is 60.8 Å². The van der Waals surface area contributed by atoms with Crippen LogP contribution < -0.4 is 4.74 Å². The third-order valence-corrected chi connectivity index (χ3v) is 1.85. The molecule has 2 aromatic rings. The van der Waals surface area contributed by atoms with Crippen molar-refractivity contribution in [1.29, 1.82) is 0 Å². The minimum absolute atomic E-state index is 0.476. The number of hydrogen-bond acceptors (Lipinski definition) is 6. The zero-order valence-corrected chi connectivity index (χ0v) is 6.50. The van der Waals surface area contributed by atoms with E-state index in [1.54, 1.807) is 7.11 Å². The molecule has 2 rings (SSSR count). The lowest BCUT2D eigenvalue weighted by Gasteiger charge is -1.94. The molecule has 0 fully saturated rings. The predicted octanol–water partition coefficient (Wildman–Crippen LogP) is 0.490. The van der Waals surface area contributed by atoms with Gasteiger partial charge in [0, 0.05) is 11.5 Å². The maximum Gasteiger partial charge on any atom is 0.246 e. The summed E-state index contributed by atoms with van der Waals surface area (Å²) in [5, 5.41) is 3.81. The average Bonchev–Trinajstić information content (AvgIpc) is 2.50. The molecule has 2 aromatic heterocycles. The zero-order chi connectivity index (χ0) is 7.68. The van der Waals surface area contributed by atoms with Gasteiger partial charge in [-0.3, -0.25) is 0 Å². The van der Waals surface area contributed by atoms with E-state index in [0.717, 1.165) is 4.83 Å². The molecule has 6 heteroatoms. The summed E-state index contributed by atoms with van der Waals surface area (Å²) in [6.45, 7) is 0. The van der Waals surface area contributed by atoms with Crippen molar-refractivity contribution >= 4 is 21.9 Å². The van der Waals surface area contributed by atoms with E-state index in [0.29, 0.717) is 11.4 Å². The summed E-state index contributed by atoms with van der Waals surface area (Å²) >= 11 is 1.22. The van der Waals surface area contributed by atoms with Crippen LogP contribution in [0.15, 0.2) is 6.33 Å². The molecule has 56 valence electrons. The number of hydrogen-bond donors (Lipinski definition) is 0. The third-order valence-electron chi connectivity index (χ3n) is 1.22. The van der Waals surface area contributed by atoms with Crippen molar-refractivity contribution in [2.45, 2.75) is 0 Å². The van der Waals surface area contributed by atoms with Gasteiger partial charge in [0.2, 0.25) is 5.88 Å². The Morgan fingerprint density at radius 1 is 1.45 bits per heavy atom. The third kappa shape index (κ3) is 0.911. The Labute approximate surface area is 66.2 Å². The molecule has 0 unspecified atom stereocenters. The summed E-state index contributed by atoms with van der Waals surface area (Å²) in [6.07, 6.45) is 1.43. The highest BCUT2D eigenvalue weighted by atomic mass is 32.1. The van der Waals surface area contributed by atoms with Crippen molar-refractivity contribution in [3.63, 3.8) is 0 Å². The van der Waals surface area contributed by atoms with Gasteiger partial charge in [-0.05, 0) is 0 Å². The van der Waals surface area contributed by atoms with Gasteiger partial charge in [-0.15, -0.1) is 5.10 Å². The van der Waals surface area contributed by atoms with E-state index in [2.05, 4.69) is 19.6 Å². The molecular formula is C5H4N4OS. The van der Waals surface area contributed by atoms with E-state index in [1.807, 2.05) is 0 Å². The van der Waals surface area contributed by atoms with Crippen molar-refractivity contribution in [2.24, 2.45) is 0 Å². The van der Waals surface area contributed by atoms with E-state index in [-0.39, 0.29) is 0 Å². The first kappa shape index (κ1) is 6.41. The molecule has 0 atom stereocenters. The van der Waals surface area contributed by atoms with Crippen LogP contribution in [0.1, 0.15) is 0 Å². The molecule has 2 heterocycles. The molecule has 0 aliphatic rings. The molecular weight excluding hydrogens is 164 g/mol. The molecule has 0 N–H and O–H groups in total. The minimum Gasteiger partial charge on any atom is -0.479 e. The van der Waals surface area contributed by atoms with Gasteiger partial charge in [0.1, 0.15) is 6.33 Å². The SMILES string of the molecule is COc1ncnc2snnc12. The Morgan fingerprint density at radius 2 is 2.36 bits per heavy atom. The van der Waals surface area contributed by atoms with Crippen LogP contribution >= 0.6 is 11.5 Å². The van der Waals surface area contributed by atoms with Gasteiger partial charge in [0.05, 0.1) is 7.11 Å². The number of fused-ring (bicyclic) bond motifs is 1. The van der Waals surface area contributed by atoms with Crippen LogP contribution in [-0.2, 0) is 0 Å². The molecule has 5 nitrogen and oxygen atoms in total. The molecule has 0 amide bonds. The summed E-state index contributed by atoms with van der Waals surface area (Å²) in [6, 6.07) is 0. The van der Waals surface area contributed by atoms with Crippen LogP contribution in [0, 0.1) is 0 Å². The number of ether oxygens (including phenoxy) is 1. The number of methoxy groups -OCH3 is 1. The van der Waals surface area contributed by atoms with Crippen LogP contribution in [-0.4, -0.2) is 26.7 Å². The van der Waals surface area contributed by atoms with Crippen LogP contribution in [0.4, 0.5) is 0 Å². The van der Waals surface area contributed by atoms with Crippen molar-refractivity contribution in [3.8, 4) is 5.88 Å². The monoisotopic (exact) mass is 168 g/mol. The summed E-state index contributed by atoms with van der Waals surface area (Å²) in [5.74, 6) is 0.476. The molecule has 0 radical (unpaired) electrons. The van der Waals surface area contributed by atoms with Gasteiger partial charge in [-0.1, -0.05) is 4.49 Å². The fourth-order valence-electron chi connectivity index (χ4n) is 0.749. The fraction of sp³-hybridized carbons (Fsp3) is 0.200. The van der Waals surface area contributed by atoms with Crippen LogP contribution in [0.25, 0.3) is 10.3 Å². The number of rotatable bonds is 1. The van der Waals surface area contributed by atoms with Crippen molar-refractivity contribution in [3.05, 3.63) is 6.33 Å². The minimum atomic E-state index is 0.476. The summed E-state index contributed by atoms with van der Waals surface area (Å²) < 4.78 is 8.66. The first-order valence-corrected chi connectivity index (χ1v) is 3.66. The summed E-state index contributed by atoms with van der Waals surface area (Å²) in [7, 11) is 1.54. The summed E-state index contributed by atoms with van der Waals surface area (Å²) in [4.78, 5) is 8.57. The van der Waals surface area contributed by atoms with Crippen LogP contribution in [0.3, 0.4) is 0 Å². The molecule has 0 aliphatic heterocycles. The van der Waals surface area contributed by atoms with Gasteiger partial charge in [-0.25, -0.2) is 4.98 Å². The molecule has 0 spiro atoms. The lowest BCUT2D eigenvalue weighted by Crippen LogP contribution is -1.89. The highest BCUT2D eigenvalue weighted by Gasteiger charge is 2.05. The molecule has 0 saturated carbocycles. The predicted molar refractivity (Wildman–Crippen MR) is 39.6 cm³/mol.